The molecule has 0 aliphatic carbocycles. The van der Waals surface area contributed by atoms with Crippen LogP contribution in [0.5, 0.6) is 0 Å². The number of aryl methyl sites for hydroxylation is 1. The van der Waals surface area contributed by atoms with E-state index in [1.54, 1.807) is 6.07 Å². The van der Waals surface area contributed by atoms with E-state index in [1.165, 1.54) is 0 Å². The minimum atomic E-state index is 0.125. The molecular weight excluding hydrogens is 272 g/mol. The Hall–Kier alpha value is -1.06. The largest absolute Gasteiger partial charge is 0.339 e. The summed E-state index contributed by atoms with van der Waals surface area (Å²) in [4.78, 5) is 14.6. The molecule has 0 bridgehead atoms. The van der Waals surface area contributed by atoms with Crippen LogP contribution in [0.2, 0.25) is 5.02 Å². The summed E-state index contributed by atoms with van der Waals surface area (Å²) in [7, 11) is 0. The summed E-state index contributed by atoms with van der Waals surface area (Å²) >= 11 is 6.13. The Bertz CT molecular complexity index is 503. The fourth-order valence-corrected chi connectivity index (χ4v) is 3.51. The van der Waals surface area contributed by atoms with Crippen LogP contribution in [0.3, 0.4) is 0 Å². The van der Waals surface area contributed by atoms with Gasteiger partial charge in [-0.25, -0.2) is 0 Å². The van der Waals surface area contributed by atoms with E-state index in [4.69, 9.17) is 11.6 Å². The Labute approximate surface area is 125 Å². The quantitative estimate of drug-likeness (QED) is 0.863. The van der Waals surface area contributed by atoms with Gasteiger partial charge in [0, 0.05) is 23.7 Å². The molecule has 3 rings (SSSR count). The molecule has 20 heavy (non-hydrogen) atoms. The molecule has 108 valence electrons. The second-order valence-electron chi connectivity index (χ2n) is 6.01. The lowest BCUT2D eigenvalue weighted by atomic mass is 9.92. The molecular formula is C16H21ClN2O. The maximum absolute atomic E-state index is 12.6. The number of nitrogens with one attached hydrogen (secondary N) is 1. The van der Waals surface area contributed by atoms with Crippen molar-refractivity contribution in [2.24, 2.45) is 11.8 Å². The minimum Gasteiger partial charge on any atom is -0.339 e. The molecule has 1 aromatic carbocycles. The predicted octanol–water partition coefficient (Wildman–Crippen LogP) is 2.72. The Kier molecular flexibility index (Phi) is 3.99. The number of carbonyl (C=O) groups excluding carboxylic acids is 1. The van der Waals surface area contributed by atoms with E-state index in [9.17, 15) is 4.79 Å². The van der Waals surface area contributed by atoms with Crippen LogP contribution < -0.4 is 5.32 Å². The molecule has 0 unspecified atom stereocenters. The number of fused-ring (bicyclic) bond motifs is 1. The van der Waals surface area contributed by atoms with Crippen molar-refractivity contribution >= 4 is 17.5 Å². The number of rotatable bonds is 1. The molecule has 0 saturated carbocycles. The van der Waals surface area contributed by atoms with Gasteiger partial charge in [-0.15, -0.1) is 0 Å². The van der Waals surface area contributed by atoms with Crippen molar-refractivity contribution in [3.8, 4) is 0 Å². The van der Waals surface area contributed by atoms with E-state index >= 15 is 0 Å². The number of nitrogens with zero attached hydrogens (tertiary/aromatic N) is 1. The van der Waals surface area contributed by atoms with Crippen LogP contribution >= 0.6 is 11.6 Å². The fourth-order valence-electron chi connectivity index (χ4n) is 3.33. The third kappa shape index (κ3) is 2.70. The zero-order valence-electron chi connectivity index (χ0n) is 11.9. The van der Waals surface area contributed by atoms with Crippen molar-refractivity contribution in [2.75, 3.05) is 26.2 Å². The van der Waals surface area contributed by atoms with Gasteiger partial charge in [0.2, 0.25) is 0 Å². The lowest BCUT2D eigenvalue weighted by molar-refractivity contribution is 0.0758. The number of likely N-dealkylation sites (tertiary alicyclic amines) is 1. The highest BCUT2D eigenvalue weighted by atomic mass is 35.5. The Balaban J connectivity index is 1.72. The average molecular weight is 293 g/mol. The third-order valence-electron chi connectivity index (χ3n) is 4.73. The van der Waals surface area contributed by atoms with Gasteiger partial charge < -0.3 is 10.2 Å². The number of halogens is 1. The second kappa shape index (κ2) is 5.74. The van der Waals surface area contributed by atoms with Crippen molar-refractivity contribution in [2.45, 2.75) is 19.8 Å². The smallest absolute Gasteiger partial charge is 0.253 e. The maximum Gasteiger partial charge on any atom is 0.253 e. The van der Waals surface area contributed by atoms with Gasteiger partial charge in [-0.05, 0) is 62.4 Å². The molecule has 4 heteroatoms. The van der Waals surface area contributed by atoms with Gasteiger partial charge in [0.25, 0.3) is 5.91 Å². The fraction of sp³-hybridized carbons (Fsp3) is 0.562. The van der Waals surface area contributed by atoms with Crippen LogP contribution in [0.1, 0.15) is 28.8 Å². The SMILES string of the molecule is Cc1ccc(C(=O)N2CC[C@@H]3CNC[C@@H]3CC2)cc1Cl. The lowest BCUT2D eigenvalue weighted by Crippen LogP contribution is -2.32. The molecule has 2 heterocycles. The van der Waals surface area contributed by atoms with E-state index < -0.39 is 0 Å². The number of hydrogen-bond acceptors (Lipinski definition) is 2. The zero-order valence-corrected chi connectivity index (χ0v) is 12.6. The molecule has 3 nitrogen and oxygen atoms in total. The van der Waals surface area contributed by atoms with E-state index in [0.717, 1.165) is 56.4 Å². The van der Waals surface area contributed by atoms with Crippen LogP contribution in [-0.2, 0) is 0 Å². The number of amides is 1. The molecule has 2 atom stereocenters. The van der Waals surface area contributed by atoms with Crippen LogP contribution in [0.25, 0.3) is 0 Å². The van der Waals surface area contributed by atoms with Gasteiger partial charge in [0.15, 0.2) is 0 Å². The van der Waals surface area contributed by atoms with Gasteiger partial charge in [-0.1, -0.05) is 17.7 Å². The van der Waals surface area contributed by atoms with Crippen LogP contribution in [0.4, 0.5) is 0 Å². The summed E-state index contributed by atoms with van der Waals surface area (Å²) in [6, 6.07) is 5.61. The standard InChI is InChI=1S/C16H21ClN2O/c1-11-2-3-12(8-15(11)17)16(20)19-6-4-13-9-18-10-14(13)5-7-19/h2-3,8,13-14,18H,4-7,9-10H2,1H3/t13-,14+. The molecule has 0 spiro atoms. The Morgan fingerprint density at radius 2 is 1.90 bits per heavy atom. The summed E-state index contributed by atoms with van der Waals surface area (Å²) in [5.74, 6) is 1.61. The van der Waals surface area contributed by atoms with Crippen molar-refractivity contribution in [1.82, 2.24) is 10.2 Å². The van der Waals surface area contributed by atoms with Crippen molar-refractivity contribution < 1.29 is 4.79 Å². The molecule has 1 N–H and O–H groups in total. The van der Waals surface area contributed by atoms with Gasteiger partial charge in [0.1, 0.15) is 0 Å². The first kappa shape index (κ1) is 13.9. The Morgan fingerprint density at radius 1 is 1.25 bits per heavy atom. The monoisotopic (exact) mass is 292 g/mol. The molecule has 2 fully saturated rings. The highest BCUT2D eigenvalue weighted by molar-refractivity contribution is 6.31. The first-order valence-corrected chi connectivity index (χ1v) is 7.79. The molecule has 2 aliphatic heterocycles. The van der Waals surface area contributed by atoms with Gasteiger partial charge in [-0.3, -0.25) is 4.79 Å². The summed E-state index contributed by atoms with van der Waals surface area (Å²) in [5, 5.41) is 4.13. The first-order valence-electron chi connectivity index (χ1n) is 7.41. The highest BCUT2D eigenvalue weighted by Crippen LogP contribution is 2.28. The summed E-state index contributed by atoms with van der Waals surface area (Å²) < 4.78 is 0. The van der Waals surface area contributed by atoms with E-state index in [-0.39, 0.29) is 5.91 Å². The molecule has 1 amide bonds. The molecule has 1 aromatic rings. The molecule has 0 aromatic heterocycles. The van der Waals surface area contributed by atoms with Gasteiger partial charge in [0.05, 0.1) is 0 Å². The number of hydrogen-bond donors (Lipinski definition) is 1. The summed E-state index contributed by atoms with van der Waals surface area (Å²) in [6.07, 6.45) is 2.23. The van der Waals surface area contributed by atoms with Gasteiger partial charge >= 0.3 is 0 Å². The van der Waals surface area contributed by atoms with Gasteiger partial charge in [-0.2, -0.15) is 0 Å². The van der Waals surface area contributed by atoms with E-state index in [0.29, 0.717) is 10.6 Å². The second-order valence-corrected chi connectivity index (χ2v) is 6.42. The zero-order chi connectivity index (χ0) is 14.1. The van der Waals surface area contributed by atoms with Crippen LogP contribution in [-0.4, -0.2) is 37.0 Å². The molecule has 2 saturated heterocycles. The van der Waals surface area contributed by atoms with Crippen molar-refractivity contribution in [3.63, 3.8) is 0 Å². The predicted molar refractivity (Wildman–Crippen MR) is 81.2 cm³/mol. The van der Waals surface area contributed by atoms with Crippen molar-refractivity contribution in [3.05, 3.63) is 34.3 Å². The number of benzene rings is 1. The molecule has 0 radical (unpaired) electrons. The third-order valence-corrected chi connectivity index (χ3v) is 5.13. The minimum absolute atomic E-state index is 0.125. The molecule has 2 aliphatic rings. The van der Waals surface area contributed by atoms with E-state index in [2.05, 4.69) is 5.32 Å². The highest BCUT2D eigenvalue weighted by Gasteiger charge is 2.31. The normalized spacial score (nSPS) is 26.2. The average Bonchev–Trinajstić information content (AvgIpc) is 2.80. The lowest BCUT2D eigenvalue weighted by Gasteiger charge is -2.21. The maximum atomic E-state index is 12.6. The van der Waals surface area contributed by atoms with Crippen LogP contribution in [0, 0.1) is 18.8 Å². The van der Waals surface area contributed by atoms with E-state index in [1.807, 2.05) is 24.0 Å². The first-order chi connectivity index (χ1) is 9.65. The Morgan fingerprint density at radius 3 is 2.50 bits per heavy atom. The van der Waals surface area contributed by atoms with Crippen LogP contribution in [0.15, 0.2) is 18.2 Å². The summed E-state index contributed by atoms with van der Waals surface area (Å²) in [6.45, 7) is 5.92. The topological polar surface area (TPSA) is 32.3 Å². The number of carbonyl (C=O) groups is 1. The van der Waals surface area contributed by atoms with Crippen molar-refractivity contribution in [1.29, 1.82) is 0 Å². The summed E-state index contributed by atoms with van der Waals surface area (Å²) in [5.41, 5.74) is 1.73.